The Bertz CT molecular complexity index is 874. The van der Waals surface area contributed by atoms with E-state index in [0.717, 1.165) is 5.56 Å². The smallest absolute Gasteiger partial charge is 0.188 e. The number of ether oxygens (including phenoxy) is 1. The first-order valence-corrected chi connectivity index (χ1v) is 10.8. The Hall–Kier alpha value is -1.73. The largest absolute Gasteiger partial charge is 0.333 e. The van der Waals surface area contributed by atoms with Crippen molar-refractivity contribution in [2.45, 2.75) is 51.9 Å². The molecule has 1 heterocycles. The maximum atomic E-state index is 6.71. The maximum Gasteiger partial charge on any atom is 0.188 e. The van der Waals surface area contributed by atoms with E-state index >= 15 is 0 Å². The fourth-order valence-electron chi connectivity index (χ4n) is 4.18. The lowest BCUT2D eigenvalue weighted by molar-refractivity contribution is -0.0503. The number of allylic oxidation sites excluding steroid dienone is 4. The molecule has 0 unspecified atom stereocenters. The van der Waals surface area contributed by atoms with Crippen molar-refractivity contribution in [1.29, 1.82) is 0 Å². The third kappa shape index (κ3) is 2.91. The van der Waals surface area contributed by atoms with Gasteiger partial charge in [-0.25, -0.2) is 0 Å². The molecule has 2 nitrogen and oxygen atoms in total. The third-order valence-corrected chi connectivity index (χ3v) is 9.24. The van der Waals surface area contributed by atoms with Gasteiger partial charge in [-0.05, 0) is 51.3 Å². The van der Waals surface area contributed by atoms with Gasteiger partial charge in [0.05, 0.1) is 13.3 Å². The van der Waals surface area contributed by atoms with Crippen molar-refractivity contribution in [3.8, 4) is 0 Å². The number of rotatable bonds is 3. The standard InChI is InChI=1S/C24H27O2P/c1-16-17(2)19(4)24(5,18(16)3)27-23(21-14-10-7-11-15-21)25-22(26-27)20-12-8-6-9-13-20/h6-15,22-23H,1-5H3/t22-,23+,27+/m0/s1. The number of benzene rings is 2. The van der Waals surface area contributed by atoms with Crippen molar-refractivity contribution in [1.82, 2.24) is 0 Å². The molecule has 3 atom stereocenters. The maximum absolute atomic E-state index is 6.71. The quantitative estimate of drug-likeness (QED) is 0.523. The average molecular weight is 378 g/mol. The zero-order valence-corrected chi connectivity index (χ0v) is 17.6. The van der Waals surface area contributed by atoms with Crippen LogP contribution in [-0.2, 0) is 9.26 Å². The van der Waals surface area contributed by atoms with Crippen LogP contribution in [-0.4, -0.2) is 5.16 Å². The molecule has 4 rings (SSSR count). The molecule has 2 aromatic carbocycles. The Morgan fingerprint density at radius 3 is 1.74 bits per heavy atom. The molecular formula is C24H27O2P. The fourth-order valence-corrected chi connectivity index (χ4v) is 7.01. The minimum atomic E-state index is -0.901. The Balaban J connectivity index is 1.79. The predicted molar refractivity (Wildman–Crippen MR) is 113 cm³/mol. The van der Waals surface area contributed by atoms with Crippen LogP contribution in [0.25, 0.3) is 0 Å². The van der Waals surface area contributed by atoms with Crippen LogP contribution in [0.3, 0.4) is 0 Å². The zero-order chi connectivity index (χ0) is 19.2. The minimum absolute atomic E-state index is 0.0417. The zero-order valence-electron chi connectivity index (χ0n) is 16.7. The second kappa shape index (κ2) is 7.02. The molecule has 27 heavy (non-hydrogen) atoms. The number of hydrogen-bond donors (Lipinski definition) is 0. The van der Waals surface area contributed by atoms with E-state index in [0.29, 0.717) is 0 Å². The molecule has 0 amide bonds. The normalized spacial score (nSPS) is 27.5. The summed E-state index contributed by atoms with van der Waals surface area (Å²) in [4.78, 5) is 0. The van der Waals surface area contributed by atoms with Crippen LogP contribution in [0.4, 0.5) is 0 Å². The summed E-state index contributed by atoms with van der Waals surface area (Å²) in [6, 6.07) is 20.8. The Morgan fingerprint density at radius 1 is 0.741 bits per heavy atom. The van der Waals surface area contributed by atoms with Crippen molar-refractivity contribution in [3.05, 3.63) is 94.1 Å². The van der Waals surface area contributed by atoms with Crippen LogP contribution in [0.15, 0.2) is 83.0 Å². The summed E-state index contributed by atoms with van der Waals surface area (Å²) < 4.78 is 13.3. The Morgan fingerprint density at radius 2 is 1.22 bits per heavy atom. The van der Waals surface area contributed by atoms with Crippen LogP contribution in [0.2, 0.25) is 0 Å². The summed E-state index contributed by atoms with van der Waals surface area (Å²) in [7, 11) is -0.901. The molecular weight excluding hydrogens is 351 g/mol. The second-order valence-electron chi connectivity index (χ2n) is 7.65. The summed E-state index contributed by atoms with van der Waals surface area (Å²) in [6.45, 7) is 11.3. The first-order valence-electron chi connectivity index (χ1n) is 9.52. The molecule has 1 aliphatic heterocycles. The van der Waals surface area contributed by atoms with Crippen molar-refractivity contribution in [3.63, 3.8) is 0 Å². The van der Waals surface area contributed by atoms with Crippen LogP contribution in [0.5, 0.6) is 0 Å². The van der Waals surface area contributed by atoms with Gasteiger partial charge in [-0.15, -0.1) is 0 Å². The van der Waals surface area contributed by atoms with Crippen molar-refractivity contribution >= 4 is 8.15 Å². The lowest BCUT2D eigenvalue weighted by atomic mass is 9.98. The van der Waals surface area contributed by atoms with Gasteiger partial charge in [0.15, 0.2) is 6.29 Å². The number of hydrogen-bond acceptors (Lipinski definition) is 2. The molecule has 0 aromatic heterocycles. The summed E-state index contributed by atoms with van der Waals surface area (Å²) >= 11 is 0. The van der Waals surface area contributed by atoms with Gasteiger partial charge in [0, 0.05) is 5.56 Å². The summed E-state index contributed by atoms with van der Waals surface area (Å²) in [5.41, 5.74) is 7.92. The first-order chi connectivity index (χ1) is 12.9. The highest BCUT2D eigenvalue weighted by atomic mass is 31.1. The van der Waals surface area contributed by atoms with Gasteiger partial charge in [-0.2, -0.15) is 0 Å². The molecule has 0 N–H and O–H groups in total. The Kier molecular flexibility index (Phi) is 4.84. The fraction of sp³-hybridized carbons (Fsp3) is 0.333. The van der Waals surface area contributed by atoms with Crippen molar-refractivity contribution < 1.29 is 9.26 Å². The van der Waals surface area contributed by atoms with Crippen LogP contribution < -0.4 is 0 Å². The molecule has 0 bridgehead atoms. The molecule has 0 saturated carbocycles. The molecule has 1 aliphatic carbocycles. The molecule has 0 spiro atoms. The molecule has 1 saturated heterocycles. The van der Waals surface area contributed by atoms with E-state index in [1.807, 2.05) is 18.2 Å². The van der Waals surface area contributed by atoms with Crippen LogP contribution >= 0.6 is 8.15 Å². The van der Waals surface area contributed by atoms with Gasteiger partial charge in [-0.1, -0.05) is 71.8 Å². The topological polar surface area (TPSA) is 18.5 Å². The van der Waals surface area contributed by atoms with Crippen molar-refractivity contribution in [2.24, 2.45) is 0 Å². The molecule has 0 radical (unpaired) electrons. The molecule has 140 valence electrons. The summed E-state index contributed by atoms with van der Waals surface area (Å²) in [6.07, 6.45) is -0.318. The van der Waals surface area contributed by atoms with E-state index in [1.165, 1.54) is 27.9 Å². The van der Waals surface area contributed by atoms with Gasteiger partial charge >= 0.3 is 0 Å². The van der Waals surface area contributed by atoms with E-state index in [-0.39, 0.29) is 17.3 Å². The monoisotopic (exact) mass is 378 g/mol. The summed E-state index contributed by atoms with van der Waals surface area (Å²) in [5, 5.41) is -0.104. The van der Waals surface area contributed by atoms with Crippen LogP contribution in [0, 0.1) is 0 Å². The second-order valence-corrected chi connectivity index (χ2v) is 9.87. The van der Waals surface area contributed by atoms with E-state index in [1.54, 1.807) is 0 Å². The molecule has 2 aliphatic rings. The van der Waals surface area contributed by atoms with Crippen LogP contribution in [0.1, 0.15) is 57.9 Å². The van der Waals surface area contributed by atoms with Gasteiger partial charge in [-0.3, -0.25) is 0 Å². The molecule has 1 fully saturated rings. The van der Waals surface area contributed by atoms with Gasteiger partial charge in [0.2, 0.25) is 0 Å². The molecule has 2 aromatic rings. The van der Waals surface area contributed by atoms with E-state index < -0.39 is 8.15 Å². The van der Waals surface area contributed by atoms with Gasteiger partial charge in [0.1, 0.15) is 5.85 Å². The summed E-state index contributed by atoms with van der Waals surface area (Å²) in [5.74, 6) is -0.0417. The highest BCUT2D eigenvalue weighted by Gasteiger charge is 2.53. The first kappa shape index (κ1) is 18.6. The van der Waals surface area contributed by atoms with E-state index in [9.17, 15) is 0 Å². The average Bonchev–Trinajstić information content (AvgIpc) is 3.23. The minimum Gasteiger partial charge on any atom is -0.333 e. The van der Waals surface area contributed by atoms with Crippen molar-refractivity contribution in [2.75, 3.05) is 0 Å². The van der Waals surface area contributed by atoms with E-state index in [2.05, 4.69) is 77.1 Å². The van der Waals surface area contributed by atoms with Gasteiger partial charge < -0.3 is 9.26 Å². The highest BCUT2D eigenvalue weighted by Crippen LogP contribution is 2.74. The highest BCUT2D eigenvalue weighted by molar-refractivity contribution is 7.55. The lowest BCUT2D eigenvalue weighted by Gasteiger charge is -2.36. The SMILES string of the molecule is CC1=C(C)C(C)([P@]2O[C@@H](c3ccccc3)O[C@H]2c2ccccc2)C(C)=C1C. The Labute approximate surface area is 163 Å². The lowest BCUT2D eigenvalue weighted by Crippen LogP contribution is -2.25. The van der Waals surface area contributed by atoms with E-state index in [4.69, 9.17) is 9.26 Å². The predicted octanol–water partition coefficient (Wildman–Crippen LogP) is 7.27. The van der Waals surface area contributed by atoms with Gasteiger partial charge in [0.25, 0.3) is 0 Å². The third-order valence-electron chi connectivity index (χ3n) is 6.42. The molecule has 3 heteroatoms.